The molecule has 1 atom stereocenters. The summed E-state index contributed by atoms with van der Waals surface area (Å²) in [5, 5.41) is 2.63. The highest BCUT2D eigenvalue weighted by atomic mass is 32.2. The van der Waals surface area contributed by atoms with Crippen LogP contribution < -0.4 is 10.1 Å². The molecular weight excluding hydrogens is 302 g/mol. The maximum atomic E-state index is 12.0. The third kappa shape index (κ3) is 4.26. The minimum absolute atomic E-state index is 0.168. The van der Waals surface area contributed by atoms with Crippen LogP contribution in [0.25, 0.3) is 0 Å². The van der Waals surface area contributed by atoms with E-state index in [0.29, 0.717) is 21.9 Å². The summed E-state index contributed by atoms with van der Waals surface area (Å²) < 4.78 is 16.5. The second kappa shape index (κ2) is 7.00. The Labute approximate surface area is 130 Å². The summed E-state index contributed by atoms with van der Waals surface area (Å²) in [4.78, 5) is 23.6. The zero-order chi connectivity index (χ0) is 16.1. The van der Waals surface area contributed by atoms with Crippen molar-refractivity contribution in [1.82, 2.24) is 0 Å². The first kappa shape index (κ1) is 15.9. The predicted molar refractivity (Wildman–Crippen MR) is 84.5 cm³/mol. The number of ether oxygens (including phenoxy) is 1. The van der Waals surface area contributed by atoms with Crippen LogP contribution in [0.4, 0.5) is 5.69 Å². The van der Waals surface area contributed by atoms with Gasteiger partial charge in [-0.1, -0.05) is 0 Å². The van der Waals surface area contributed by atoms with Crippen molar-refractivity contribution >= 4 is 28.4 Å². The number of carbonyl (C=O) groups is 2. The number of hydrogen-bond donors (Lipinski definition) is 1. The summed E-state index contributed by atoms with van der Waals surface area (Å²) in [6, 6.07) is 12.9. The van der Waals surface area contributed by atoms with Gasteiger partial charge in [-0.2, -0.15) is 0 Å². The van der Waals surface area contributed by atoms with E-state index >= 15 is 0 Å². The topological polar surface area (TPSA) is 72.5 Å². The lowest BCUT2D eigenvalue weighted by atomic mass is 10.2. The molecule has 0 saturated heterocycles. The van der Waals surface area contributed by atoms with Crippen molar-refractivity contribution in [2.45, 2.75) is 11.8 Å². The molecule has 0 fully saturated rings. The van der Waals surface area contributed by atoms with Crippen LogP contribution in [0.2, 0.25) is 0 Å². The van der Waals surface area contributed by atoms with Gasteiger partial charge in [0.2, 0.25) is 5.91 Å². The molecule has 1 N–H and O–H groups in total. The van der Waals surface area contributed by atoms with Crippen LogP contribution in [0, 0.1) is 0 Å². The van der Waals surface area contributed by atoms with Gasteiger partial charge < -0.3 is 10.1 Å². The SMILES string of the molecule is CC(=O)Nc1ccc(OC(=O)c2ccc([S@@](C)=O)cc2)cc1. The summed E-state index contributed by atoms with van der Waals surface area (Å²) in [6.45, 7) is 1.42. The summed E-state index contributed by atoms with van der Waals surface area (Å²) in [7, 11) is -1.08. The third-order valence-electron chi connectivity index (χ3n) is 2.81. The van der Waals surface area contributed by atoms with Crippen LogP contribution in [0.3, 0.4) is 0 Å². The number of carbonyl (C=O) groups excluding carboxylic acids is 2. The molecule has 114 valence electrons. The van der Waals surface area contributed by atoms with Gasteiger partial charge in [0.15, 0.2) is 0 Å². The normalized spacial score (nSPS) is 11.5. The molecule has 0 saturated carbocycles. The number of rotatable bonds is 4. The molecule has 0 aliphatic rings. The summed E-state index contributed by atoms with van der Waals surface area (Å²) in [5.41, 5.74) is 1.00. The summed E-state index contributed by atoms with van der Waals surface area (Å²) in [5.74, 6) is -0.291. The maximum absolute atomic E-state index is 12.0. The van der Waals surface area contributed by atoms with Gasteiger partial charge in [0.25, 0.3) is 0 Å². The Hall–Kier alpha value is -2.47. The second-order valence-corrected chi connectivity index (χ2v) is 5.95. The zero-order valence-electron chi connectivity index (χ0n) is 12.2. The van der Waals surface area contributed by atoms with Crippen LogP contribution >= 0.6 is 0 Å². The monoisotopic (exact) mass is 317 g/mol. The Kier molecular flexibility index (Phi) is 5.06. The number of benzene rings is 2. The van der Waals surface area contributed by atoms with Gasteiger partial charge in [-0.05, 0) is 48.5 Å². The van der Waals surface area contributed by atoms with Gasteiger partial charge in [-0.3, -0.25) is 9.00 Å². The van der Waals surface area contributed by atoms with E-state index in [1.807, 2.05) is 0 Å². The van der Waals surface area contributed by atoms with Crippen molar-refractivity contribution in [3.05, 3.63) is 54.1 Å². The van der Waals surface area contributed by atoms with Gasteiger partial charge in [-0.25, -0.2) is 4.79 Å². The fraction of sp³-hybridized carbons (Fsp3) is 0.125. The van der Waals surface area contributed by atoms with E-state index in [1.54, 1.807) is 54.8 Å². The lowest BCUT2D eigenvalue weighted by Crippen LogP contribution is -2.09. The fourth-order valence-corrected chi connectivity index (χ4v) is 2.28. The van der Waals surface area contributed by atoms with Crippen molar-refractivity contribution in [3.63, 3.8) is 0 Å². The van der Waals surface area contributed by atoms with Crippen LogP contribution in [-0.4, -0.2) is 22.3 Å². The minimum Gasteiger partial charge on any atom is -0.423 e. The van der Waals surface area contributed by atoms with Crippen molar-refractivity contribution in [3.8, 4) is 5.75 Å². The van der Waals surface area contributed by atoms with Gasteiger partial charge in [0.1, 0.15) is 5.75 Å². The molecule has 22 heavy (non-hydrogen) atoms. The molecule has 0 radical (unpaired) electrons. The number of amides is 1. The quantitative estimate of drug-likeness (QED) is 0.695. The second-order valence-electron chi connectivity index (χ2n) is 4.57. The number of esters is 1. The first-order valence-corrected chi connectivity index (χ1v) is 8.05. The third-order valence-corrected chi connectivity index (χ3v) is 3.74. The van der Waals surface area contributed by atoms with E-state index in [-0.39, 0.29) is 5.91 Å². The first-order chi connectivity index (χ1) is 10.5. The van der Waals surface area contributed by atoms with Crippen molar-refractivity contribution in [2.24, 2.45) is 0 Å². The highest BCUT2D eigenvalue weighted by Gasteiger charge is 2.09. The van der Waals surface area contributed by atoms with E-state index in [2.05, 4.69) is 5.32 Å². The van der Waals surface area contributed by atoms with Crippen molar-refractivity contribution in [2.75, 3.05) is 11.6 Å². The van der Waals surface area contributed by atoms with E-state index in [1.165, 1.54) is 6.92 Å². The molecule has 0 aliphatic carbocycles. The minimum atomic E-state index is -1.08. The molecule has 2 aromatic rings. The summed E-state index contributed by atoms with van der Waals surface area (Å²) in [6.07, 6.45) is 1.57. The summed E-state index contributed by atoms with van der Waals surface area (Å²) >= 11 is 0. The molecule has 0 bridgehead atoms. The molecule has 0 spiro atoms. The van der Waals surface area contributed by atoms with E-state index < -0.39 is 16.8 Å². The zero-order valence-corrected chi connectivity index (χ0v) is 13.0. The highest BCUT2D eigenvalue weighted by Crippen LogP contribution is 2.17. The predicted octanol–water partition coefficient (Wildman–Crippen LogP) is 2.60. The molecule has 5 nitrogen and oxygen atoms in total. The van der Waals surface area contributed by atoms with E-state index in [4.69, 9.17) is 4.74 Å². The molecule has 6 heteroatoms. The number of hydrogen-bond acceptors (Lipinski definition) is 4. The smallest absolute Gasteiger partial charge is 0.343 e. The van der Waals surface area contributed by atoms with Gasteiger partial charge in [-0.15, -0.1) is 0 Å². The van der Waals surface area contributed by atoms with Gasteiger partial charge >= 0.3 is 5.97 Å². The van der Waals surface area contributed by atoms with Crippen molar-refractivity contribution in [1.29, 1.82) is 0 Å². The molecule has 2 aromatic carbocycles. The Morgan fingerprint density at radius 2 is 1.59 bits per heavy atom. The van der Waals surface area contributed by atoms with Crippen LogP contribution in [-0.2, 0) is 15.6 Å². The van der Waals surface area contributed by atoms with E-state index in [0.717, 1.165) is 0 Å². The number of anilines is 1. The van der Waals surface area contributed by atoms with Gasteiger partial charge in [0.05, 0.1) is 5.56 Å². The fourth-order valence-electron chi connectivity index (χ4n) is 1.76. The molecule has 0 heterocycles. The lowest BCUT2D eigenvalue weighted by Gasteiger charge is -2.06. The highest BCUT2D eigenvalue weighted by molar-refractivity contribution is 7.84. The molecule has 1 amide bonds. The van der Waals surface area contributed by atoms with Crippen LogP contribution in [0.5, 0.6) is 5.75 Å². The Balaban J connectivity index is 2.05. The molecule has 0 unspecified atom stereocenters. The molecule has 0 aromatic heterocycles. The van der Waals surface area contributed by atoms with Crippen molar-refractivity contribution < 1.29 is 18.5 Å². The van der Waals surface area contributed by atoms with Crippen LogP contribution in [0.15, 0.2) is 53.4 Å². The Morgan fingerprint density at radius 3 is 2.09 bits per heavy atom. The molecular formula is C16H15NO4S. The average Bonchev–Trinajstić information content (AvgIpc) is 2.49. The average molecular weight is 317 g/mol. The van der Waals surface area contributed by atoms with Crippen LogP contribution in [0.1, 0.15) is 17.3 Å². The largest absolute Gasteiger partial charge is 0.423 e. The Morgan fingerprint density at radius 1 is 1.00 bits per heavy atom. The number of nitrogens with one attached hydrogen (secondary N) is 1. The molecule has 0 aliphatic heterocycles. The first-order valence-electron chi connectivity index (χ1n) is 6.49. The maximum Gasteiger partial charge on any atom is 0.343 e. The lowest BCUT2D eigenvalue weighted by molar-refractivity contribution is -0.114. The molecule has 2 rings (SSSR count). The van der Waals surface area contributed by atoms with E-state index in [9.17, 15) is 13.8 Å². The van der Waals surface area contributed by atoms with Gasteiger partial charge in [0, 0.05) is 34.6 Å². The Bertz CT molecular complexity index is 708. The standard InChI is InChI=1S/C16H15NO4S/c1-11(18)17-13-5-7-14(8-6-13)21-16(19)12-3-9-15(10-4-12)22(2)20/h3-10H,1-2H3,(H,17,18)/t22-/m1/s1.